The van der Waals surface area contributed by atoms with E-state index in [4.69, 9.17) is 14.8 Å². The fourth-order valence-electron chi connectivity index (χ4n) is 2.73. The lowest BCUT2D eigenvalue weighted by molar-refractivity contribution is 0.481. The molecule has 0 saturated heterocycles. The van der Waals surface area contributed by atoms with Crippen molar-refractivity contribution in [2.45, 2.75) is 16.7 Å². The van der Waals surface area contributed by atoms with Gasteiger partial charge < -0.3 is 16.4 Å². The van der Waals surface area contributed by atoms with Crippen LogP contribution >= 0.6 is 0 Å². The van der Waals surface area contributed by atoms with Gasteiger partial charge in [0.15, 0.2) is 11.6 Å². The molecule has 0 aliphatic rings. The van der Waals surface area contributed by atoms with Crippen LogP contribution in [0.5, 0.6) is 0 Å². The van der Waals surface area contributed by atoms with Gasteiger partial charge in [-0.25, -0.2) is 4.98 Å². The molecular weight excluding hydrogens is 458 g/mol. The maximum atomic E-state index is 11.2. The number of hydrogen-bond acceptors (Lipinski definition) is 9. The number of nitrogens with zero attached hydrogens (tertiary/aromatic N) is 2. The van der Waals surface area contributed by atoms with Gasteiger partial charge in [0.05, 0.1) is 21.0 Å². The summed E-state index contributed by atoms with van der Waals surface area (Å²) >= 11 is 0. The lowest BCUT2D eigenvalue weighted by Gasteiger charge is -2.16. The second-order valence-corrected chi connectivity index (χ2v) is 9.43. The third-order valence-electron chi connectivity index (χ3n) is 4.44. The van der Waals surface area contributed by atoms with Gasteiger partial charge in [0.1, 0.15) is 6.07 Å². The highest BCUT2D eigenvalue weighted by Gasteiger charge is 2.17. The van der Waals surface area contributed by atoms with Crippen LogP contribution in [-0.2, 0) is 20.2 Å². The van der Waals surface area contributed by atoms with Crippen LogP contribution in [0.15, 0.2) is 58.3 Å². The van der Waals surface area contributed by atoms with Gasteiger partial charge in [0.25, 0.3) is 20.2 Å². The molecule has 0 bridgehead atoms. The molecule has 3 aromatic rings. The molecule has 3 rings (SSSR count). The summed E-state index contributed by atoms with van der Waals surface area (Å²) in [5, 5.41) is 15.4. The number of benzene rings is 2. The molecule has 166 valence electrons. The number of anilines is 5. The smallest absolute Gasteiger partial charge is 0.294 e. The van der Waals surface area contributed by atoms with E-state index in [1.165, 1.54) is 48.5 Å². The fourth-order valence-corrected chi connectivity index (χ4v) is 3.69. The second-order valence-electron chi connectivity index (χ2n) is 6.58. The zero-order valence-corrected chi connectivity index (χ0v) is 18.1. The van der Waals surface area contributed by atoms with Crippen molar-refractivity contribution in [3.63, 3.8) is 0 Å². The summed E-state index contributed by atoms with van der Waals surface area (Å²) in [7, 11) is -8.68. The van der Waals surface area contributed by atoms with Gasteiger partial charge >= 0.3 is 0 Å². The van der Waals surface area contributed by atoms with Crippen LogP contribution in [-0.4, -0.2) is 30.9 Å². The number of nitrogens with one attached hydrogen (secondary N) is 2. The first kappa shape index (κ1) is 23.0. The third kappa shape index (κ3) is 4.95. The minimum Gasteiger partial charge on any atom is -0.395 e. The average Bonchev–Trinajstić information content (AvgIpc) is 2.71. The molecule has 13 heteroatoms. The molecule has 32 heavy (non-hydrogen) atoms. The SMILES string of the molecule is Cc1c(N)c(Nc2ccc(S(=O)(=O)O)cc2)nc(Nc2ccc(S(=O)(=O)O)cc2)c1C#N. The summed E-state index contributed by atoms with van der Waals surface area (Å²) in [6.45, 7) is 1.62. The van der Waals surface area contributed by atoms with Crippen molar-refractivity contribution in [2.75, 3.05) is 16.4 Å². The summed E-state index contributed by atoms with van der Waals surface area (Å²) in [5.74, 6) is 0.314. The fraction of sp³-hybridized carbons (Fsp3) is 0.0526. The maximum Gasteiger partial charge on any atom is 0.294 e. The van der Waals surface area contributed by atoms with Gasteiger partial charge in [-0.3, -0.25) is 9.11 Å². The Morgan fingerprint density at radius 2 is 1.25 bits per heavy atom. The van der Waals surface area contributed by atoms with E-state index in [9.17, 15) is 22.1 Å². The van der Waals surface area contributed by atoms with E-state index >= 15 is 0 Å². The Kier molecular flexibility index (Phi) is 6.06. The van der Waals surface area contributed by atoms with Gasteiger partial charge in [0.2, 0.25) is 0 Å². The van der Waals surface area contributed by atoms with Crippen LogP contribution in [0.1, 0.15) is 11.1 Å². The summed E-state index contributed by atoms with van der Waals surface area (Å²) in [6, 6.07) is 12.3. The normalized spacial score (nSPS) is 11.6. The molecule has 6 N–H and O–H groups in total. The highest BCUT2D eigenvalue weighted by molar-refractivity contribution is 7.86. The van der Waals surface area contributed by atoms with Crippen LogP contribution in [0.25, 0.3) is 0 Å². The van der Waals surface area contributed by atoms with Crippen LogP contribution in [0, 0.1) is 18.3 Å². The van der Waals surface area contributed by atoms with Crippen LogP contribution in [0.4, 0.5) is 28.7 Å². The Labute approximate surface area is 184 Å². The maximum absolute atomic E-state index is 11.2. The van der Waals surface area contributed by atoms with E-state index in [1.807, 2.05) is 6.07 Å². The molecule has 0 radical (unpaired) electrons. The van der Waals surface area contributed by atoms with Crippen molar-refractivity contribution in [3.05, 3.63) is 59.7 Å². The van der Waals surface area contributed by atoms with E-state index < -0.39 is 20.2 Å². The predicted molar refractivity (Wildman–Crippen MR) is 117 cm³/mol. The number of pyridine rings is 1. The third-order valence-corrected chi connectivity index (χ3v) is 6.17. The summed E-state index contributed by atoms with van der Waals surface area (Å²) in [6.07, 6.45) is 0. The van der Waals surface area contributed by atoms with E-state index in [0.717, 1.165) is 0 Å². The highest BCUT2D eigenvalue weighted by atomic mass is 32.2. The largest absolute Gasteiger partial charge is 0.395 e. The number of aromatic nitrogens is 1. The predicted octanol–water partition coefficient (Wildman–Crippen LogP) is 2.82. The van der Waals surface area contributed by atoms with E-state index in [-0.39, 0.29) is 32.7 Å². The van der Waals surface area contributed by atoms with E-state index in [2.05, 4.69) is 15.6 Å². The van der Waals surface area contributed by atoms with Crippen molar-refractivity contribution in [1.82, 2.24) is 4.98 Å². The molecule has 0 unspecified atom stereocenters. The second kappa shape index (κ2) is 8.44. The van der Waals surface area contributed by atoms with Crippen LogP contribution in [0.3, 0.4) is 0 Å². The first-order valence-electron chi connectivity index (χ1n) is 8.79. The Morgan fingerprint density at radius 3 is 1.62 bits per heavy atom. The number of rotatable bonds is 6. The zero-order valence-electron chi connectivity index (χ0n) is 16.4. The van der Waals surface area contributed by atoms with Crippen molar-refractivity contribution >= 4 is 48.9 Å². The van der Waals surface area contributed by atoms with Crippen LogP contribution < -0.4 is 16.4 Å². The monoisotopic (exact) mass is 475 g/mol. The molecular formula is C19H17N5O6S2. The molecule has 1 aromatic heterocycles. The Bertz CT molecular complexity index is 1430. The van der Waals surface area contributed by atoms with Gasteiger partial charge in [-0.1, -0.05) is 0 Å². The first-order chi connectivity index (χ1) is 14.9. The molecule has 1 heterocycles. The summed E-state index contributed by atoms with van der Waals surface area (Å²) < 4.78 is 62.9. The van der Waals surface area contributed by atoms with Crippen molar-refractivity contribution in [2.24, 2.45) is 0 Å². The molecule has 0 spiro atoms. The van der Waals surface area contributed by atoms with Gasteiger partial charge in [-0.15, -0.1) is 0 Å². The van der Waals surface area contributed by atoms with Gasteiger partial charge in [-0.2, -0.15) is 22.1 Å². The number of nitrogen functional groups attached to an aromatic ring is 1. The molecule has 2 aromatic carbocycles. The lowest BCUT2D eigenvalue weighted by Crippen LogP contribution is -2.08. The number of nitriles is 1. The first-order valence-corrected chi connectivity index (χ1v) is 11.7. The Hall–Kier alpha value is -3.70. The number of hydrogen-bond donors (Lipinski definition) is 5. The zero-order chi connectivity index (χ0) is 23.7. The van der Waals surface area contributed by atoms with E-state index in [0.29, 0.717) is 16.9 Å². The molecule has 0 saturated carbocycles. The van der Waals surface area contributed by atoms with Gasteiger partial charge in [-0.05, 0) is 61.0 Å². The summed E-state index contributed by atoms with van der Waals surface area (Å²) in [4.78, 5) is 3.76. The Balaban J connectivity index is 1.96. The van der Waals surface area contributed by atoms with E-state index in [1.54, 1.807) is 6.92 Å². The Morgan fingerprint density at radius 1 is 0.844 bits per heavy atom. The highest BCUT2D eigenvalue weighted by Crippen LogP contribution is 2.32. The molecule has 0 aliphatic heterocycles. The molecule has 0 atom stereocenters. The number of nitrogens with two attached hydrogens (primary N) is 1. The van der Waals surface area contributed by atoms with Crippen molar-refractivity contribution in [3.8, 4) is 6.07 Å². The topological polar surface area (TPSA) is 195 Å². The quantitative estimate of drug-likeness (QED) is 0.329. The minimum absolute atomic E-state index is 0.135. The minimum atomic E-state index is -4.35. The van der Waals surface area contributed by atoms with Crippen molar-refractivity contribution in [1.29, 1.82) is 5.26 Å². The molecule has 0 amide bonds. The molecule has 11 nitrogen and oxygen atoms in total. The van der Waals surface area contributed by atoms with Crippen LogP contribution in [0.2, 0.25) is 0 Å². The lowest BCUT2D eigenvalue weighted by atomic mass is 10.1. The standard InChI is InChI=1S/C19H17N5O6S2/c1-11-16(10-20)18(22-12-2-6-14(7-3-12)31(25,26)27)24-19(17(11)21)23-13-4-8-15(9-5-13)32(28,29)30/h2-9H,21H2,1H3,(H2,22,23,24)(H,25,26,27)(H,28,29,30). The van der Waals surface area contributed by atoms with Gasteiger partial charge in [0, 0.05) is 11.4 Å². The summed E-state index contributed by atoms with van der Waals surface area (Å²) in [5.41, 5.74) is 7.70. The molecule has 0 fully saturated rings. The average molecular weight is 476 g/mol. The molecule has 0 aliphatic carbocycles. The van der Waals surface area contributed by atoms with Crippen molar-refractivity contribution < 1.29 is 25.9 Å².